The van der Waals surface area contributed by atoms with Crippen molar-refractivity contribution in [1.82, 2.24) is 10.3 Å². The number of hydrogen-bond donors (Lipinski definition) is 2. The third-order valence-corrected chi connectivity index (χ3v) is 1.84. The van der Waals surface area contributed by atoms with Crippen LogP contribution in [0.5, 0.6) is 0 Å². The van der Waals surface area contributed by atoms with Gasteiger partial charge in [-0.1, -0.05) is 12.1 Å². The number of rotatable bonds is 5. The van der Waals surface area contributed by atoms with E-state index >= 15 is 0 Å². The number of nitrogens with zero attached hydrogens (tertiary/aromatic N) is 1. The first-order valence-corrected chi connectivity index (χ1v) is 4.85. The van der Waals surface area contributed by atoms with E-state index in [2.05, 4.69) is 16.4 Å². The molecule has 0 aliphatic rings. The van der Waals surface area contributed by atoms with Crippen LogP contribution >= 0.6 is 0 Å². The Bertz CT molecular complexity index is 277. The molecule has 0 fully saturated rings. The molecule has 3 N–H and O–H groups in total. The molecule has 0 unspecified atom stereocenters. The maximum absolute atomic E-state index is 5.37. The van der Waals surface area contributed by atoms with Crippen LogP contribution in [0.3, 0.4) is 0 Å². The van der Waals surface area contributed by atoms with Crippen LogP contribution in [-0.4, -0.2) is 18.1 Å². The Hall–Kier alpha value is -1.19. The lowest BCUT2D eigenvalue weighted by molar-refractivity contribution is 0.693. The van der Waals surface area contributed by atoms with E-state index in [1.54, 1.807) is 0 Å². The molecule has 1 aromatic heterocycles. The lowest BCUT2D eigenvalue weighted by atomic mass is 10.2. The second-order valence-corrected chi connectivity index (χ2v) is 3.06. The number of hydrogen-bond acceptors (Lipinski definition) is 3. The third-order valence-electron chi connectivity index (χ3n) is 1.84. The SMILES string of the molecule is C/C=C\c1ccc(CNCCN)cn1. The minimum atomic E-state index is 0.671. The van der Waals surface area contributed by atoms with Crippen LogP contribution in [0.2, 0.25) is 0 Å². The van der Waals surface area contributed by atoms with E-state index < -0.39 is 0 Å². The Labute approximate surface area is 85.0 Å². The van der Waals surface area contributed by atoms with Crippen LogP contribution in [0, 0.1) is 0 Å². The highest BCUT2D eigenvalue weighted by molar-refractivity contribution is 5.43. The van der Waals surface area contributed by atoms with E-state index in [-0.39, 0.29) is 0 Å². The highest BCUT2D eigenvalue weighted by Gasteiger charge is 1.92. The summed E-state index contributed by atoms with van der Waals surface area (Å²) in [5.74, 6) is 0. The van der Waals surface area contributed by atoms with Crippen molar-refractivity contribution >= 4 is 6.08 Å². The monoisotopic (exact) mass is 191 g/mol. The Morgan fingerprint density at radius 2 is 2.36 bits per heavy atom. The topological polar surface area (TPSA) is 50.9 Å². The summed E-state index contributed by atoms with van der Waals surface area (Å²) < 4.78 is 0. The fraction of sp³-hybridized carbons (Fsp3) is 0.364. The minimum Gasteiger partial charge on any atom is -0.329 e. The van der Waals surface area contributed by atoms with Crippen molar-refractivity contribution in [2.24, 2.45) is 5.73 Å². The largest absolute Gasteiger partial charge is 0.329 e. The Morgan fingerprint density at radius 1 is 1.50 bits per heavy atom. The first-order chi connectivity index (χ1) is 6.86. The van der Waals surface area contributed by atoms with Gasteiger partial charge in [-0.15, -0.1) is 0 Å². The van der Waals surface area contributed by atoms with E-state index in [0.29, 0.717) is 6.54 Å². The van der Waals surface area contributed by atoms with Crippen molar-refractivity contribution in [2.75, 3.05) is 13.1 Å². The summed E-state index contributed by atoms with van der Waals surface area (Å²) in [4.78, 5) is 4.29. The molecule has 0 radical (unpaired) electrons. The van der Waals surface area contributed by atoms with Crippen LogP contribution in [0.1, 0.15) is 18.2 Å². The fourth-order valence-electron chi connectivity index (χ4n) is 1.14. The van der Waals surface area contributed by atoms with Gasteiger partial charge in [0.15, 0.2) is 0 Å². The lowest BCUT2D eigenvalue weighted by Crippen LogP contribution is -2.21. The normalized spacial score (nSPS) is 11.0. The quantitative estimate of drug-likeness (QED) is 0.687. The second-order valence-electron chi connectivity index (χ2n) is 3.06. The zero-order valence-corrected chi connectivity index (χ0v) is 8.53. The van der Waals surface area contributed by atoms with Gasteiger partial charge in [0.2, 0.25) is 0 Å². The van der Waals surface area contributed by atoms with Crippen LogP contribution in [0.4, 0.5) is 0 Å². The van der Waals surface area contributed by atoms with Crippen molar-refractivity contribution in [3.05, 3.63) is 35.7 Å². The minimum absolute atomic E-state index is 0.671. The molecule has 0 spiro atoms. The number of pyridine rings is 1. The lowest BCUT2D eigenvalue weighted by Gasteiger charge is -2.02. The average Bonchev–Trinajstić information content (AvgIpc) is 2.21. The van der Waals surface area contributed by atoms with Crippen LogP contribution in [-0.2, 0) is 6.54 Å². The first-order valence-electron chi connectivity index (χ1n) is 4.85. The Kier molecular flexibility index (Phi) is 4.89. The molecule has 0 bridgehead atoms. The predicted octanol–water partition coefficient (Wildman–Crippen LogP) is 1.16. The Balaban J connectivity index is 2.46. The molecule has 14 heavy (non-hydrogen) atoms. The van der Waals surface area contributed by atoms with E-state index in [4.69, 9.17) is 5.73 Å². The van der Waals surface area contributed by atoms with E-state index in [0.717, 1.165) is 18.8 Å². The predicted molar refractivity (Wildman–Crippen MR) is 59.7 cm³/mol. The van der Waals surface area contributed by atoms with Gasteiger partial charge in [-0.25, -0.2) is 0 Å². The molecule has 76 valence electrons. The zero-order valence-electron chi connectivity index (χ0n) is 8.53. The number of nitrogens with one attached hydrogen (secondary N) is 1. The van der Waals surface area contributed by atoms with Crippen molar-refractivity contribution in [1.29, 1.82) is 0 Å². The van der Waals surface area contributed by atoms with Gasteiger partial charge in [0.25, 0.3) is 0 Å². The third kappa shape index (κ3) is 3.68. The molecular weight excluding hydrogens is 174 g/mol. The summed E-state index contributed by atoms with van der Waals surface area (Å²) in [7, 11) is 0. The number of aromatic nitrogens is 1. The average molecular weight is 191 g/mol. The fourth-order valence-corrected chi connectivity index (χ4v) is 1.14. The maximum Gasteiger partial charge on any atom is 0.0626 e. The van der Waals surface area contributed by atoms with E-state index in [1.807, 2.05) is 31.3 Å². The van der Waals surface area contributed by atoms with Crippen LogP contribution < -0.4 is 11.1 Å². The molecule has 0 atom stereocenters. The molecule has 3 nitrogen and oxygen atoms in total. The molecule has 1 heterocycles. The van der Waals surface area contributed by atoms with E-state index in [1.165, 1.54) is 5.56 Å². The molecule has 3 heteroatoms. The maximum atomic E-state index is 5.37. The summed E-state index contributed by atoms with van der Waals surface area (Å²) in [5, 5.41) is 3.22. The Morgan fingerprint density at radius 3 is 2.93 bits per heavy atom. The van der Waals surface area contributed by atoms with Gasteiger partial charge < -0.3 is 11.1 Å². The van der Waals surface area contributed by atoms with Gasteiger partial charge >= 0.3 is 0 Å². The van der Waals surface area contributed by atoms with Crippen molar-refractivity contribution in [3.63, 3.8) is 0 Å². The summed E-state index contributed by atoms with van der Waals surface area (Å²) in [6, 6.07) is 4.09. The van der Waals surface area contributed by atoms with Gasteiger partial charge in [0.05, 0.1) is 5.69 Å². The molecule has 1 rings (SSSR count). The highest BCUT2D eigenvalue weighted by Crippen LogP contribution is 2.01. The van der Waals surface area contributed by atoms with Crippen LogP contribution in [0.25, 0.3) is 6.08 Å². The molecule has 0 aliphatic carbocycles. The first kappa shape index (κ1) is 10.9. The van der Waals surface area contributed by atoms with Gasteiger partial charge in [-0.05, 0) is 24.6 Å². The van der Waals surface area contributed by atoms with Gasteiger partial charge in [0, 0.05) is 25.8 Å². The molecule has 0 aromatic carbocycles. The highest BCUT2D eigenvalue weighted by atomic mass is 14.9. The van der Waals surface area contributed by atoms with Crippen molar-refractivity contribution < 1.29 is 0 Å². The molecule has 0 saturated carbocycles. The smallest absolute Gasteiger partial charge is 0.0626 e. The molecule has 0 amide bonds. The molecule has 0 aliphatic heterocycles. The van der Waals surface area contributed by atoms with Crippen molar-refractivity contribution in [2.45, 2.75) is 13.5 Å². The number of nitrogens with two attached hydrogens (primary N) is 1. The second kappa shape index (κ2) is 6.29. The molecular formula is C11H17N3. The van der Waals surface area contributed by atoms with Gasteiger partial charge in [0.1, 0.15) is 0 Å². The van der Waals surface area contributed by atoms with Crippen LogP contribution in [0.15, 0.2) is 24.4 Å². The summed E-state index contributed by atoms with van der Waals surface area (Å²) >= 11 is 0. The molecule has 0 saturated heterocycles. The van der Waals surface area contributed by atoms with E-state index in [9.17, 15) is 0 Å². The summed E-state index contributed by atoms with van der Waals surface area (Å²) in [5.41, 5.74) is 7.55. The van der Waals surface area contributed by atoms with Gasteiger partial charge in [-0.2, -0.15) is 0 Å². The summed E-state index contributed by atoms with van der Waals surface area (Å²) in [6.45, 7) is 4.33. The summed E-state index contributed by atoms with van der Waals surface area (Å²) in [6.07, 6.45) is 5.85. The zero-order chi connectivity index (χ0) is 10.2. The number of allylic oxidation sites excluding steroid dienone is 1. The molecule has 1 aromatic rings. The van der Waals surface area contributed by atoms with Gasteiger partial charge in [-0.3, -0.25) is 4.98 Å². The van der Waals surface area contributed by atoms with Crippen molar-refractivity contribution in [3.8, 4) is 0 Å². The standard InChI is InChI=1S/C11H17N3/c1-2-3-11-5-4-10(9-14-11)8-13-7-6-12/h2-5,9,13H,6-8,12H2,1H3/b3-2-.